The first-order valence-electron chi connectivity index (χ1n) is 6.31. The number of nitrogens with one attached hydrogen (secondary N) is 1. The van der Waals surface area contributed by atoms with Crippen molar-refractivity contribution in [2.45, 2.75) is 45.1 Å². The summed E-state index contributed by atoms with van der Waals surface area (Å²) in [5, 5.41) is 3.27. The van der Waals surface area contributed by atoms with Gasteiger partial charge in [0.15, 0.2) is 0 Å². The number of carbonyl (C=O) groups excluding carboxylic acids is 1. The molecule has 16 heavy (non-hydrogen) atoms. The number of carbonyl (C=O) groups is 1. The lowest BCUT2D eigenvalue weighted by Crippen LogP contribution is -2.47. The van der Waals surface area contributed by atoms with E-state index in [-0.39, 0.29) is 12.4 Å². The molecule has 0 bridgehead atoms. The van der Waals surface area contributed by atoms with E-state index in [0.717, 1.165) is 19.0 Å². The van der Waals surface area contributed by atoms with Crippen molar-refractivity contribution in [3.8, 4) is 0 Å². The number of halogens is 1. The Bertz CT molecular complexity index is 227. The molecule has 94 valence electrons. The Morgan fingerprint density at radius 1 is 1.31 bits per heavy atom. The van der Waals surface area contributed by atoms with Gasteiger partial charge in [0.05, 0.1) is 6.54 Å². The molecule has 0 spiro atoms. The molecule has 4 heteroatoms. The highest BCUT2D eigenvalue weighted by atomic mass is 35.5. The van der Waals surface area contributed by atoms with Crippen LogP contribution in [0.3, 0.4) is 0 Å². The van der Waals surface area contributed by atoms with Gasteiger partial charge in [0.1, 0.15) is 0 Å². The number of hydrogen-bond donors (Lipinski definition) is 1. The number of likely N-dealkylation sites (N-methyl/N-ethyl adjacent to an activating group) is 1. The van der Waals surface area contributed by atoms with Gasteiger partial charge in [0.25, 0.3) is 0 Å². The maximum Gasteiger partial charge on any atom is 0.236 e. The summed E-state index contributed by atoms with van der Waals surface area (Å²) in [4.78, 5) is 13.9. The van der Waals surface area contributed by atoms with E-state index >= 15 is 0 Å². The quantitative estimate of drug-likeness (QED) is 0.775. The van der Waals surface area contributed by atoms with Crippen LogP contribution < -0.4 is 5.32 Å². The third-order valence-electron chi connectivity index (χ3n) is 3.58. The van der Waals surface area contributed by atoms with E-state index in [9.17, 15) is 4.79 Å². The molecule has 0 atom stereocenters. The third kappa shape index (κ3) is 3.63. The zero-order chi connectivity index (χ0) is 10.7. The minimum atomic E-state index is 0. The van der Waals surface area contributed by atoms with E-state index in [2.05, 4.69) is 12.2 Å². The Labute approximate surface area is 104 Å². The average molecular weight is 247 g/mol. The van der Waals surface area contributed by atoms with Crippen molar-refractivity contribution in [1.29, 1.82) is 0 Å². The Balaban J connectivity index is 0.00000128. The van der Waals surface area contributed by atoms with Gasteiger partial charge in [0, 0.05) is 12.6 Å². The highest BCUT2D eigenvalue weighted by molar-refractivity contribution is 5.85. The molecule has 3 nitrogen and oxygen atoms in total. The Morgan fingerprint density at radius 2 is 2.00 bits per heavy atom. The van der Waals surface area contributed by atoms with Gasteiger partial charge < -0.3 is 10.2 Å². The molecule has 0 aromatic carbocycles. The maximum atomic E-state index is 11.9. The molecule has 2 aliphatic rings. The lowest BCUT2D eigenvalue weighted by molar-refractivity contribution is -0.133. The second kappa shape index (κ2) is 6.45. The normalized spacial score (nSPS) is 19.8. The fourth-order valence-electron chi connectivity index (χ4n) is 2.14. The van der Waals surface area contributed by atoms with Gasteiger partial charge in [-0.05, 0) is 51.5 Å². The molecule has 0 aliphatic heterocycles. The fraction of sp³-hybridized carbons (Fsp3) is 0.917. The van der Waals surface area contributed by atoms with Gasteiger partial charge in [-0.15, -0.1) is 12.4 Å². The highest BCUT2D eigenvalue weighted by Gasteiger charge is 2.27. The molecule has 1 amide bonds. The van der Waals surface area contributed by atoms with Crippen LogP contribution in [0.1, 0.15) is 39.0 Å². The first kappa shape index (κ1) is 13.8. The highest BCUT2D eigenvalue weighted by Crippen LogP contribution is 2.27. The minimum absolute atomic E-state index is 0. The topological polar surface area (TPSA) is 32.3 Å². The van der Waals surface area contributed by atoms with Gasteiger partial charge in [-0.1, -0.05) is 0 Å². The van der Waals surface area contributed by atoms with Crippen molar-refractivity contribution in [3.63, 3.8) is 0 Å². The third-order valence-corrected chi connectivity index (χ3v) is 3.58. The summed E-state index contributed by atoms with van der Waals surface area (Å²) in [6.07, 6.45) is 6.41. The molecule has 0 heterocycles. The molecule has 2 fully saturated rings. The van der Waals surface area contributed by atoms with Crippen LogP contribution >= 0.6 is 12.4 Å². The molecule has 0 radical (unpaired) electrons. The van der Waals surface area contributed by atoms with Crippen molar-refractivity contribution in [3.05, 3.63) is 0 Å². The standard InChI is InChI=1S/C12H22N2O.ClH/c1-2-14(11-4-3-5-11)12(15)9-13-8-10-6-7-10;/h10-11,13H,2-9H2,1H3;1H. The summed E-state index contributed by atoms with van der Waals surface area (Å²) < 4.78 is 0. The smallest absolute Gasteiger partial charge is 0.236 e. The average Bonchev–Trinajstić information content (AvgIpc) is 2.94. The van der Waals surface area contributed by atoms with E-state index in [4.69, 9.17) is 0 Å². The van der Waals surface area contributed by atoms with E-state index in [1.807, 2.05) is 4.90 Å². The van der Waals surface area contributed by atoms with Gasteiger partial charge >= 0.3 is 0 Å². The van der Waals surface area contributed by atoms with E-state index in [1.54, 1.807) is 0 Å². The van der Waals surface area contributed by atoms with Crippen LogP contribution in [0.25, 0.3) is 0 Å². The van der Waals surface area contributed by atoms with Gasteiger partial charge in [-0.2, -0.15) is 0 Å². The second-order valence-corrected chi connectivity index (χ2v) is 4.84. The van der Waals surface area contributed by atoms with Crippen molar-refractivity contribution in [1.82, 2.24) is 10.2 Å². The van der Waals surface area contributed by atoms with Crippen molar-refractivity contribution in [2.24, 2.45) is 5.92 Å². The fourth-order valence-corrected chi connectivity index (χ4v) is 2.14. The molecule has 1 N–H and O–H groups in total. The summed E-state index contributed by atoms with van der Waals surface area (Å²) >= 11 is 0. The zero-order valence-corrected chi connectivity index (χ0v) is 10.9. The van der Waals surface area contributed by atoms with Crippen molar-refractivity contribution < 1.29 is 4.79 Å². The lowest BCUT2D eigenvalue weighted by Gasteiger charge is -2.37. The summed E-state index contributed by atoms with van der Waals surface area (Å²) in [6.45, 7) is 4.53. The Kier molecular flexibility index (Phi) is 5.56. The van der Waals surface area contributed by atoms with Crippen molar-refractivity contribution >= 4 is 18.3 Å². The number of nitrogens with zero attached hydrogens (tertiary/aromatic N) is 1. The second-order valence-electron chi connectivity index (χ2n) is 4.84. The molecule has 0 aromatic rings. The molecular formula is C12H23ClN2O. The number of amides is 1. The molecule has 0 aromatic heterocycles. The van der Waals surface area contributed by atoms with Crippen LogP contribution in [0.15, 0.2) is 0 Å². The van der Waals surface area contributed by atoms with Gasteiger partial charge in [-0.25, -0.2) is 0 Å². The monoisotopic (exact) mass is 246 g/mol. The van der Waals surface area contributed by atoms with Crippen LogP contribution in [-0.2, 0) is 4.79 Å². The molecule has 2 rings (SSSR count). The van der Waals surface area contributed by atoms with Crippen LogP contribution in [-0.4, -0.2) is 36.5 Å². The number of rotatable bonds is 6. The molecule has 2 aliphatic carbocycles. The van der Waals surface area contributed by atoms with E-state index < -0.39 is 0 Å². The lowest BCUT2D eigenvalue weighted by atomic mass is 9.91. The van der Waals surface area contributed by atoms with Gasteiger partial charge in [-0.3, -0.25) is 4.79 Å². The van der Waals surface area contributed by atoms with E-state index in [0.29, 0.717) is 18.5 Å². The summed E-state index contributed by atoms with van der Waals surface area (Å²) in [6, 6.07) is 0.547. The predicted molar refractivity (Wildman–Crippen MR) is 67.9 cm³/mol. The number of hydrogen-bond acceptors (Lipinski definition) is 2. The van der Waals surface area contributed by atoms with Crippen LogP contribution in [0.2, 0.25) is 0 Å². The largest absolute Gasteiger partial charge is 0.339 e. The zero-order valence-electron chi connectivity index (χ0n) is 10.1. The minimum Gasteiger partial charge on any atom is -0.339 e. The SMILES string of the molecule is CCN(C(=O)CNCC1CC1)C1CCC1.Cl. The molecule has 2 saturated carbocycles. The first-order valence-corrected chi connectivity index (χ1v) is 6.31. The van der Waals surface area contributed by atoms with Gasteiger partial charge in [0.2, 0.25) is 5.91 Å². The van der Waals surface area contributed by atoms with Crippen molar-refractivity contribution in [2.75, 3.05) is 19.6 Å². The molecule has 0 unspecified atom stereocenters. The molecule has 0 saturated heterocycles. The van der Waals surface area contributed by atoms with Crippen LogP contribution in [0.5, 0.6) is 0 Å². The molecular weight excluding hydrogens is 224 g/mol. The Hall–Kier alpha value is -0.280. The first-order chi connectivity index (χ1) is 7.31. The predicted octanol–water partition coefficient (Wildman–Crippen LogP) is 1.81. The summed E-state index contributed by atoms with van der Waals surface area (Å²) in [5.74, 6) is 1.15. The Morgan fingerprint density at radius 3 is 2.44 bits per heavy atom. The van der Waals surface area contributed by atoms with E-state index in [1.165, 1.54) is 32.1 Å². The van der Waals surface area contributed by atoms with Crippen LogP contribution in [0, 0.1) is 5.92 Å². The summed E-state index contributed by atoms with van der Waals surface area (Å²) in [5.41, 5.74) is 0. The maximum absolute atomic E-state index is 11.9. The summed E-state index contributed by atoms with van der Waals surface area (Å²) in [7, 11) is 0. The van der Waals surface area contributed by atoms with Crippen LogP contribution in [0.4, 0.5) is 0 Å².